The fourth-order valence-corrected chi connectivity index (χ4v) is 1.10. The Morgan fingerprint density at radius 2 is 2.14 bits per heavy atom. The van der Waals surface area contributed by atoms with Crippen LogP contribution in [-0.4, -0.2) is 30.1 Å². The van der Waals surface area contributed by atoms with Crippen molar-refractivity contribution in [1.29, 1.82) is 0 Å². The van der Waals surface area contributed by atoms with Gasteiger partial charge in [0.1, 0.15) is 5.82 Å². The molecule has 0 aromatic carbocycles. The summed E-state index contributed by atoms with van der Waals surface area (Å²) in [5.41, 5.74) is 0.970. The van der Waals surface area contributed by atoms with E-state index in [1.54, 1.807) is 12.4 Å². The summed E-state index contributed by atoms with van der Waals surface area (Å²) >= 11 is 0. The Bertz CT molecular complexity index is 285. The quantitative estimate of drug-likeness (QED) is 0.777. The third-order valence-corrected chi connectivity index (χ3v) is 2.17. The van der Waals surface area contributed by atoms with Crippen LogP contribution in [0.3, 0.4) is 0 Å². The highest BCUT2D eigenvalue weighted by Crippen LogP contribution is 2.10. The Hall–Kier alpha value is -1.16. The highest BCUT2D eigenvalue weighted by atomic mass is 15.2. The molecule has 1 heterocycles. The molecule has 0 spiro atoms. The molecule has 14 heavy (non-hydrogen) atoms. The molecule has 0 radical (unpaired) electrons. The van der Waals surface area contributed by atoms with Crippen molar-refractivity contribution in [3.63, 3.8) is 0 Å². The van der Waals surface area contributed by atoms with Crippen molar-refractivity contribution in [1.82, 2.24) is 15.3 Å². The van der Waals surface area contributed by atoms with Gasteiger partial charge in [-0.1, -0.05) is 0 Å². The number of hydrogen-bond acceptors (Lipinski definition) is 4. The number of nitrogens with one attached hydrogen (secondary N) is 1. The van der Waals surface area contributed by atoms with Crippen molar-refractivity contribution in [2.75, 3.05) is 19.0 Å². The number of anilines is 1. The van der Waals surface area contributed by atoms with Gasteiger partial charge in [0.15, 0.2) is 0 Å². The van der Waals surface area contributed by atoms with Gasteiger partial charge in [0.2, 0.25) is 0 Å². The molecule has 1 N–H and O–H groups in total. The second-order valence-electron chi connectivity index (χ2n) is 3.60. The maximum atomic E-state index is 4.48. The van der Waals surface area contributed by atoms with Crippen LogP contribution in [0.25, 0.3) is 0 Å². The van der Waals surface area contributed by atoms with E-state index in [1.165, 1.54) is 0 Å². The van der Waals surface area contributed by atoms with Gasteiger partial charge in [-0.2, -0.15) is 0 Å². The van der Waals surface area contributed by atoms with Crippen LogP contribution < -0.4 is 10.2 Å². The van der Waals surface area contributed by atoms with Gasteiger partial charge < -0.3 is 10.2 Å². The molecule has 0 unspecified atom stereocenters. The molecule has 0 bridgehead atoms. The molecule has 0 fully saturated rings. The standard InChI is InChI=1S/C10H18N4/c1-8(2)14(4)10-7-12-6-9(13-10)5-11-3/h6-8,11H,5H2,1-4H3. The van der Waals surface area contributed by atoms with E-state index in [9.17, 15) is 0 Å². The predicted octanol–water partition coefficient (Wildman–Crippen LogP) is 1.04. The Balaban J connectivity index is 2.82. The molecule has 4 nitrogen and oxygen atoms in total. The topological polar surface area (TPSA) is 41.1 Å². The lowest BCUT2D eigenvalue weighted by Gasteiger charge is -2.22. The first-order chi connectivity index (χ1) is 6.65. The van der Waals surface area contributed by atoms with E-state index < -0.39 is 0 Å². The third-order valence-electron chi connectivity index (χ3n) is 2.17. The van der Waals surface area contributed by atoms with Gasteiger partial charge in [0, 0.05) is 25.8 Å². The lowest BCUT2D eigenvalue weighted by Crippen LogP contribution is -2.27. The number of nitrogens with zero attached hydrogens (tertiary/aromatic N) is 3. The third kappa shape index (κ3) is 2.67. The van der Waals surface area contributed by atoms with Crippen molar-refractivity contribution >= 4 is 5.82 Å². The summed E-state index contributed by atoms with van der Waals surface area (Å²) < 4.78 is 0. The molecule has 0 aliphatic carbocycles. The second-order valence-corrected chi connectivity index (χ2v) is 3.60. The van der Waals surface area contributed by atoms with Gasteiger partial charge in [0.25, 0.3) is 0 Å². The molecule has 0 aliphatic rings. The van der Waals surface area contributed by atoms with E-state index in [1.807, 2.05) is 14.1 Å². The maximum Gasteiger partial charge on any atom is 0.147 e. The molecule has 78 valence electrons. The highest BCUT2D eigenvalue weighted by molar-refractivity contribution is 5.35. The van der Waals surface area contributed by atoms with Crippen molar-refractivity contribution in [2.45, 2.75) is 26.4 Å². The van der Waals surface area contributed by atoms with Gasteiger partial charge in [-0.3, -0.25) is 4.98 Å². The minimum absolute atomic E-state index is 0.439. The largest absolute Gasteiger partial charge is 0.356 e. The van der Waals surface area contributed by atoms with E-state index in [2.05, 4.69) is 34.0 Å². The number of hydrogen-bond donors (Lipinski definition) is 1. The zero-order chi connectivity index (χ0) is 10.6. The van der Waals surface area contributed by atoms with Crippen molar-refractivity contribution < 1.29 is 0 Å². The van der Waals surface area contributed by atoms with Crippen LogP contribution in [0.1, 0.15) is 19.5 Å². The molecule has 0 aliphatic heterocycles. The lowest BCUT2D eigenvalue weighted by molar-refractivity contribution is 0.726. The first kappa shape index (κ1) is 10.9. The molecule has 1 rings (SSSR count). The molecule has 0 amide bonds. The molecule has 1 aromatic rings. The summed E-state index contributed by atoms with van der Waals surface area (Å²) in [6.45, 7) is 5.02. The minimum Gasteiger partial charge on any atom is -0.356 e. The monoisotopic (exact) mass is 194 g/mol. The van der Waals surface area contributed by atoms with Crippen LogP contribution in [0.4, 0.5) is 5.82 Å². The van der Waals surface area contributed by atoms with Gasteiger partial charge in [-0.05, 0) is 20.9 Å². The first-order valence-electron chi connectivity index (χ1n) is 4.83. The summed E-state index contributed by atoms with van der Waals surface area (Å²) in [7, 11) is 3.93. The number of aromatic nitrogens is 2. The Kier molecular flexibility index (Phi) is 3.83. The van der Waals surface area contributed by atoms with Gasteiger partial charge in [0.05, 0.1) is 11.9 Å². The summed E-state index contributed by atoms with van der Waals surface area (Å²) in [5, 5.41) is 3.06. The molecular weight excluding hydrogens is 176 g/mol. The molecule has 0 saturated carbocycles. The summed E-state index contributed by atoms with van der Waals surface area (Å²) in [6.07, 6.45) is 3.58. The predicted molar refractivity (Wildman–Crippen MR) is 58.3 cm³/mol. The fraction of sp³-hybridized carbons (Fsp3) is 0.600. The SMILES string of the molecule is CNCc1cncc(N(C)C(C)C)n1. The maximum absolute atomic E-state index is 4.48. The zero-order valence-corrected chi connectivity index (χ0v) is 9.28. The Morgan fingerprint density at radius 3 is 2.71 bits per heavy atom. The fourth-order valence-electron chi connectivity index (χ4n) is 1.10. The average molecular weight is 194 g/mol. The molecule has 1 aromatic heterocycles. The van der Waals surface area contributed by atoms with Gasteiger partial charge in [-0.25, -0.2) is 4.98 Å². The lowest BCUT2D eigenvalue weighted by atomic mass is 10.3. The van der Waals surface area contributed by atoms with E-state index >= 15 is 0 Å². The average Bonchev–Trinajstić information content (AvgIpc) is 2.17. The Labute approximate surface area is 85.4 Å². The van der Waals surface area contributed by atoms with Gasteiger partial charge in [-0.15, -0.1) is 0 Å². The molecule has 4 heteroatoms. The van der Waals surface area contributed by atoms with Crippen LogP contribution in [0.2, 0.25) is 0 Å². The summed E-state index contributed by atoms with van der Waals surface area (Å²) in [4.78, 5) is 10.8. The van der Waals surface area contributed by atoms with Crippen LogP contribution in [0.5, 0.6) is 0 Å². The number of rotatable bonds is 4. The second kappa shape index (κ2) is 4.91. The van der Waals surface area contributed by atoms with Crippen molar-refractivity contribution in [3.8, 4) is 0 Å². The zero-order valence-electron chi connectivity index (χ0n) is 9.28. The van der Waals surface area contributed by atoms with E-state index in [0.29, 0.717) is 6.04 Å². The van der Waals surface area contributed by atoms with E-state index in [0.717, 1.165) is 18.1 Å². The van der Waals surface area contributed by atoms with Gasteiger partial charge >= 0.3 is 0 Å². The highest BCUT2D eigenvalue weighted by Gasteiger charge is 2.06. The summed E-state index contributed by atoms with van der Waals surface area (Å²) in [6, 6.07) is 0.439. The van der Waals surface area contributed by atoms with Crippen molar-refractivity contribution in [3.05, 3.63) is 18.1 Å². The van der Waals surface area contributed by atoms with Crippen molar-refractivity contribution in [2.24, 2.45) is 0 Å². The van der Waals surface area contributed by atoms with Crippen LogP contribution >= 0.6 is 0 Å². The van der Waals surface area contributed by atoms with E-state index in [4.69, 9.17) is 0 Å². The smallest absolute Gasteiger partial charge is 0.147 e. The molecular formula is C10H18N4. The Morgan fingerprint density at radius 1 is 1.43 bits per heavy atom. The van der Waals surface area contributed by atoms with Crippen LogP contribution in [0, 0.1) is 0 Å². The van der Waals surface area contributed by atoms with Crippen LogP contribution in [-0.2, 0) is 6.54 Å². The van der Waals surface area contributed by atoms with Crippen LogP contribution in [0.15, 0.2) is 12.4 Å². The minimum atomic E-state index is 0.439. The molecule has 0 saturated heterocycles. The van der Waals surface area contributed by atoms with E-state index in [-0.39, 0.29) is 0 Å². The first-order valence-corrected chi connectivity index (χ1v) is 4.83. The normalized spacial score (nSPS) is 10.6. The summed E-state index contributed by atoms with van der Waals surface area (Å²) in [5.74, 6) is 0.924. The molecule has 0 atom stereocenters.